The first-order valence-corrected chi connectivity index (χ1v) is 9.90. The molecule has 0 aliphatic heterocycles. The first-order valence-electron chi connectivity index (χ1n) is 8.41. The van der Waals surface area contributed by atoms with Gasteiger partial charge >= 0.3 is 5.97 Å². The van der Waals surface area contributed by atoms with Crippen molar-refractivity contribution in [3.05, 3.63) is 53.6 Å². The average molecular weight is 416 g/mol. The van der Waals surface area contributed by atoms with Crippen LogP contribution < -0.4 is 14.8 Å². The molecule has 2 N–H and O–H groups in total. The van der Waals surface area contributed by atoms with Crippen LogP contribution in [0, 0.1) is 19.3 Å². The van der Waals surface area contributed by atoms with Crippen molar-refractivity contribution < 1.29 is 27.5 Å². The highest BCUT2D eigenvalue weighted by Crippen LogP contribution is 2.22. The first kappa shape index (κ1) is 21.9. The number of nitrogens with one attached hydrogen (secondary N) is 2. The zero-order valence-corrected chi connectivity index (χ0v) is 16.7. The molecular formula is C20H20N2O6S. The Morgan fingerprint density at radius 2 is 1.93 bits per heavy atom. The number of hydrogen-bond donors (Lipinski definition) is 2. The van der Waals surface area contributed by atoms with E-state index in [0.29, 0.717) is 17.0 Å². The average Bonchev–Trinajstić information content (AvgIpc) is 2.72. The Morgan fingerprint density at radius 1 is 1.17 bits per heavy atom. The lowest BCUT2D eigenvalue weighted by atomic mass is 10.1. The number of benzene rings is 2. The number of ether oxygens (including phenoxy) is 2. The Hall–Kier alpha value is -3.35. The molecule has 0 aromatic heterocycles. The lowest BCUT2D eigenvalue weighted by Crippen LogP contribution is -2.24. The first-order chi connectivity index (χ1) is 13.8. The van der Waals surface area contributed by atoms with E-state index in [-0.39, 0.29) is 23.6 Å². The third kappa shape index (κ3) is 6.07. The Bertz CT molecular complexity index is 1060. The summed E-state index contributed by atoms with van der Waals surface area (Å²) in [5, 5.41) is 2.72. The SMILES string of the molecule is C#CCNS(=O)(=O)c1cccc(C(=O)Nc2ccc(OCC(=O)OC)cc2C)c1. The smallest absolute Gasteiger partial charge is 0.343 e. The summed E-state index contributed by atoms with van der Waals surface area (Å²) in [7, 11) is -2.54. The summed E-state index contributed by atoms with van der Waals surface area (Å²) in [6, 6.07) is 10.5. The quantitative estimate of drug-likeness (QED) is 0.501. The number of carbonyl (C=O) groups excluding carboxylic acids is 2. The molecule has 2 aromatic carbocycles. The van der Waals surface area contributed by atoms with Crippen molar-refractivity contribution in [1.29, 1.82) is 0 Å². The van der Waals surface area contributed by atoms with E-state index in [0.717, 1.165) is 0 Å². The molecule has 0 saturated carbocycles. The molecule has 2 rings (SSSR count). The number of anilines is 1. The summed E-state index contributed by atoms with van der Waals surface area (Å²) >= 11 is 0. The Kier molecular flexibility index (Phi) is 7.36. The third-order valence-corrected chi connectivity index (χ3v) is 5.20. The minimum Gasteiger partial charge on any atom is -0.482 e. The molecule has 0 heterocycles. The maximum absolute atomic E-state index is 12.5. The summed E-state index contributed by atoms with van der Waals surface area (Å²) in [6.45, 7) is 1.38. The molecule has 2 aromatic rings. The van der Waals surface area contributed by atoms with Crippen LogP contribution in [0.3, 0.4) is 0 Å². The predicted molar refractivity (Wildman–Crippen MR) is 107 cm³/mol. The predicted octanol–water partition coefficient (Wildman–Crippen LogP) is 1.71. The molecule has 0 radical (unpaired) electrons. The number of sulfonamides is 1. The summed E-state index contributed by atoms with van der Waals surface area (Å²) < 4.78 is 36.4. The van der Waals surface area contributed by atoms with Crippen LogP contribution in [-0.4, -0.2) is 40.6 Å². The van der Waals surface area contributed by atoms with E-state index in [4.69, 9.17) is 11.2 Å². The van der Waals surface area contributed by atoms with Gasteiger partial charge in [0.15, 0.2) is 6.61 Å². The van der Waals surface area contributed by atoms with Gasteiger partial charge in [0.2, 0.25) is 10.0 Å². The van der Waals surface area contributed by atoms with Gasteiger partial charge in [-0.25, -0.2) is 13.2 Å². The fourth-order valence-corrected chi connectivity index (χ4v) is 3.27. The monoisotopic (exact) mass is 416 g/mol. The van der Waals surface area contributed by atoms with Gasteiger partial charge in [-0.2, -0.15) is 4.72 Å². The largest absolute Gasteiger partial charge is 0.482 e. The van der Waals surface area contributed by atoms with Crippen LogP contribution in [0.1, 0.15) is 15.9 Å². The summed E-state index contributed by atoms with van der Waals surface area (Å²) in [5.74, 6) is 1.64. The Balaban J connectivity index is 2.13. The van der Waals surface area contributed by atoms with E-state index < -0.39 is 21.9 Å². The minimum atomic E-state index is -3.81. The molecule has 9 heteroatoms. The van der Waals surface area contributed by atoms with Crippen LogP contribution in [0.15, 0.2) is 47.4 Å². The lowest BCUT2D eigenvalue weighted by molar-refractivity contribution is -0.142. The van der Waals surface area contributed by atoms with Crippen molar-refractivity contribution in [1.82, 2.24) is 4.72 Å². The van der Waals surface area contributed by atoms with Gasteiger partial charge in [-0.05, 0) is 48.9 Å². The van der Waals surface area contributed by atoms with Crippen LogP contribution in [-0.2, 0) is 19.6 Å². The van der Waals surface area contributed by atoms with E-state index in [1.807, 2.05) is 0 Å². The molecule has 0 spiro atoms. The Morgan fingerprint density at radius 3 is 2.59 bits per heavy atom. The van der Waals surface area contributed by atoms with Crippen LogP contribution in [0.25, 0.3) is 0 Å². The molecule has 0 aliphatic carbocycles. The normalized spacial score (nSPS) is 10.7. The number of esters is 1. The molecule has 1 amide bonds. The number of hydrogen-bond acceptors (Lipinski definition) is 6. The maximum atomic E-state index is 12.5. The van der Waals surface area contributed by atoms with Gasteiger partial charge in [-0.1, -0.05) is 12.0 Å². The van der Waals surface area contributed by atoms with Gasteiger partial charge in [-0.15, -0.1) is 6.42 Å². The van der Waals surface area contributed by atoms with Crippen molar-refractivity contribution in [2.45, 2.75) is 11.8 Å². The van der Waals surface area contributed by atoms with E-state index in [1.165, 1.54) is 31.4 Å². The number of aryl methyl sites for hydroxylation is 1. The van der Waals surface area contributed by atoms with E-state index in [2.05, 4.69) is 20.7 Å². The topological polar surface area (TPSA) is 111 Å². The molecule has 0 saturated heterocycles. The fourth-order valence-electron chi connectivity index (χ4n) is 2.29. The molecule has 0 fully saturated rings. The van der Waals surface area contributed by atoms with E-state index >= 15 is 0 Å². The zero-order valence-electron chi connectivity index (χ0n) is 15.9. The summed E-state index contributed by atoms with van der Waals surface area (Å²) in [4.78, 5) is 23.6. The molecular weight excluding hydrogens is 396 g/mol. The van der Waals surface area contributed by atoms with Crippen molar-refractivity contribution >= 4 is 27.6 Å². The second kappa shape index (κ2) is 9.73. The standard InChI is InChI=1S/C20H20N2O6S/c1-4-10-21-29(25,26)17-7-5-6-15(12-17)20(24)22-18-9-8-16(11-14(18)2)28-13-19(23)27-3/h1,5-9,11-12,21H,10,13H2,2-3H3,(H,22,24). The highest BCUT2D eigenvalue weighted by Gasteiger charge is 2.16. The number of methoxy groups -OCH3 is 1. The van der Waals surface area contributed by atoms with Crippen LogP contribution in [0.5, 0.6) is 5.75 Å². The zero-order chi connectivity index (χ0) is 21.4. The number of carbonyl (C=O) groups is 2. The van der Waals surface area contributed by atoms with Crippen LogP contribution in [0.4, 0.5) is 5.69 Å². The molecule has 0 unspecified atom stereocenters. The van der Waals surface area contributed by atoms with Gasteiger partial charge in [0.1, 0.15) is 5.75 Å². The van der Waals surface area contributed by atoms with Crippen molar-refractivity contribution in [3.63, 3.8) is 0 Å². The second-order valence-corrected chi connectivity index (χ2v) is 7.62. The highest BCUT2D eigenvalue weighted by atomic mass is 32.2. The second-order valence-electron chi connectivity index (χ2n) is 5.85. The molecule has 0 atom stereocenters. The number of terminal acetylenes is 1. The molecule has 0 bridgehead atoms. The van der Waals surface area contributed by atoms with Crippen LogP contribution in [0.2, 0.25) is 0 Å². The van der Waals surface area contributed by atoms with Gasteiger partial charge < -0.3 is 14.8 Å². The number of amides is 1. The molecule has 8 nitrogen and oxygen atoms in total. The van der Waals surface area contributed by atoms with E-state index in [9.17, 15) is 18.0 Å². The lowest BCUT2D eigenvalue weighted by Gasteiger charge is -2.12. The molecule has 0 aliphatic rings. The highest BCUT2D eigenvalue weighted by molar-refractivity contribution is 7.89. The third-order valence-electron chi connectivity index (χ3n) is 3.80. The molecule has 29 heavy (non-hydrogen) atoms. The van der Waals surface area contributed by atoms with E-state index in [1.54, 1.807) is 25.1 Å². The van der Waals surface area contributed by atoms with Gasteiger partial charge in [-0.3, -0.25) is 4.79 Å². The van der Waals surface area contributed by atoms with Crippen molar-refractivity contribution in [3.8, 4) is 18.1 Å². The fraction of sp³-hybridized carbons (Fsp3) is 0.200. The van der Waals surface area contributed by atoms with Gasteiger partial charge in [0.05, 0.1) is 18.6 Å². The van der Waals surface area contributed by atoms with Gasteiger partial charge in [0.25, 0.3) is 5.91 Å². The molecule has 152 valence electrons. The van der Waals surface area contributed by atoms with Gasteiger partial charge in [0, 0.05) is 11.3 Å². The minimum absolute atomic E-state index is 0.0660. The van der Waals surface area contributed by atoms with Crippen LogP contribution >= 0.6 is 0 Å². The number of rotatable bonds is 8. The summed E-state index contributed by atoms with van der Waals surface area (Å²) in [6.07, 6.45) is 5.07. The van der Waals surface area contributed by atoms with Crippen molar-refractivity contribution in [2.24, 2.45) is 0 Å². The maximum Gasteiger partial charge on any atom is 0.343 e. The summed E-state index contributed by atoms with van der Waals surface area (Å²) in [5.41, 5.74) is 1.37. The van der Waals surface area contributed by atoms with Crippen molar-refractivity contribution in [2.75, 3.05) is 25.6 Å². The Labute approximate surface area is 169 Å².